The van der Waals surface area contributed by atoms with E-state index in [1.807, 2.05) is 0 Å². The van der Waals surface area contributed by atoms with Crippen LogP contribution in [0.15, 0.2) is 95.9 Å². The fourth-order valence-corrected chi connectivity index (χ4v) is 5.29. The average Bonchev–Trinajstić information content (AvgIpc) is 2.90. The molecule has 0 aliphatic heterocycles. The van der Waals surface area contributed by atoms with Gasteiger partial charge in [-0.1, -0.05) is 60.7 Å². The van der Waals surface area contributed by atoms with E-state index in [9.17, 15) is 23.1 Å². The summed E-state index contributed by atoms with van der Waals surface area (Å²) in [6.07, 6.45) is 0. The lowest BCUT2D eigenvalue weighted by atomic mass is 10.0. The van der Waals surface area contributed by atoms with Crippen molar-refractivity contribution in [3.05, 3.63) is 108 Å². The number of hydrogen-bond donors (Lipinski definition) is 4. The highest BCUT2D eigenvalue weighted by Gasteiger charge is 2.27. The van der Waals surface area contributed by atoms with Gasteiger partial charge in [-0.2, -0.15) is 0 Å². The summed E-state index contributed by atoms with van der Waals surface area (Å²) in [6.45, 7) is -0.501. The van der Waals surface area contributed by atoms with E-state index in [1.165, 1.54) is 18.2 Å². The predicted octanol–water partition coefficient (Wildman–Crippen LogP) is 3.33. The van der Waals surface area contributed by atoms with E-state index >= 15 is 0 Å². The number of amides is 1. The Labute approximate surface area is 213 Å². The zero-order chi connectivity index (χ0) is 26.6. The summed E-state index contributed by atoms with van der Waals surface area (Å²) in [4.78, 5) is 24.5. The first kappa shape index (κ1) is 25.4. The SMILES string of the molecule is N=C(N)c1ccc(CNC(=O)c2cccc3cc(N(CC(=O)O)S(=O)(=O)c4ccccc4)ccc23)cc1. The number of carboxylic acids is 1. The Morgan fingerprint density at radius 3 is 2.27 bits per heavy atom. The number of carbonyl (C=O) groups is 2. The number of fused-ring (bicyclic) bond motifs is 1. The minimum Gasteiger partial charge on any atom is -0.480 e. The fraction of sp³-hybridized carbons (Fsp3) is 0.0741. The minimum absolute atomic E-state index is 0.0270. The second-order valence-electron chi connectivity index (χ2n) is 8.22. The summed E-state index contributed by atoms with van der Waals surface area (Å²) in [5.41, 5.74) is 7.45. The van der Waals surface area contributed by atoms with Gasteiger partial charge in [0.1, 0.15) is 12.4 Å². The maximum Gasteiger partial charge on any atom is 0.324 e. The zero-order valence-corrected chi connectivity index (χ0v) is 20.4. The maximum absolute atomic E-state index is 13.2. The van der Waals surface area contributed by atoms with Gasteiger partial charge in [-0.3, -0.25) is 19.3 Å². The van der Waals surface area contributed by atoms with E-state index in [0.717, 1.165) is 9.87 Å². The Bertz CT molecular complexity index is 1590. The lowest BCUT2D eigenvalue weighted by Gasteiger charge is -2.23. The smallest absolute Gasteiger partial charge is 0.324 e. The van der Waals surface area contributed by atoms with Gasteiger partial charge in [0.25, 0.3) is 15.9 Å². The Balaban J connectivity index is 1.62. The van der Waals surface area contributed by atoms with Crippen molar-refractivity contribution >= 4 is 44.2 Å². The zero-order valence-electron chi connectivity index (χ0n) is 19.6. The standard InChI is InChI=1S/C27H24N4O5S/c28-26(29)19-11-9-18(10-12-19)16-30-27(34)24-8-4-5-20-15-21(13-14-23(20)24)31(17-25(32)33)37(35,36)22-6-2-1-3-7-22/h1-15H,16-17H2,(H3,28,29)(H,30,34)(H,32,33). The number of anilines is 1. The van der Waals surface area contributed by atoms with Gasteiger partial charge in [-0.25, -0.2) is 8.42 Å². The number of nitrogens with one attached hydrogen (secondary N) is 2. The number of nitrogen functional groups attached to an aromatic ring is 1. The van der Waals surface area contributed by atoms with Crippen LogP contribution in [0.3, 0.4) is 0 Å². The number of amidine groups is 1. The van der Waals surface area contributed by atoms with Gasteiger partial charge in [-0.15, -0.1) is 0 Å². The topological polar surface area (TPSA) is 154 Å². The van der Waals surface area contributed by atoms with Crippen molar-refractivity contribution in [1.82, 2.24) is 5.32 Å². The Kier molecular flexibility index (Phi) is 7.21. The number of nitrogens with two attached hydrogens (primary N) is 1. The number of hydrogen-bond acceptors (Lipinski definition) is 5. The molecule has 4 rings (SSSR count). The molecule has 0 radical (unpaired) electrons. The van der Waals surface area contributed by atoms with E-state index < -0.39 is 22.5 Å². The van der Waals surface area contributed by atoms with Crippen molar-refractivity contribution in [3.8, 4) is 0 Å². The molecule has 0 heterocycles. The second kappa shape index (κ2) is 10.5. The van der Waals surface area contributed by atoms with E-state index in [0.29, 0.717) is 21.9 Å². The third-order valence-corrected chi connectivity index (χ3v) is 7.51. The van der Waals surface area contributed by atoms with E-state index in [2.05, 4.69) is 5.32 Å². The molecule has 4 aromatic rings. The normalized spacial score (nSPS) is 11.1. The first-order valence-corrected chi connectivity index (χ1v) is 12.6. The molecule has 5 N–H and O–H groups in total. The third kappa shape index (κ3) is 5.60. The molecule has 0 fully saturated rings. The molecule has 9 nitrogen and oxygen atoms in total. The summed E-state index contributed by atoms with van der Waals surface area (Å²) in [7, 11) is -4.14. The van der Waals surface area contributed by atoms with Crippen LogP contribution in [0.5, 0.6) is 0 Å². The lowest BCUT2D eigenvalue weighted by Crippen LogP contribution is -2.35. The highest BCUT2D eigenvalue weighted by Crippen LogP contribution is 2.29. The fourth-order valence-electron chi connectivity index (χ4n) is 3.86. The molecule has 0 atom stereocenters. The molecule has 0 aromatic heterocycles. The minimum atomic E-state index is -4.14. The molecule has 0 saturated carbocycles. The van der Waals surface area contributed by atoms with E-state index in [1.54, 1.807) is 72.8 Å². The van der Waals surface area contributed by atoms with E-state index in [4.69, 9.17) is 11.1 Å². The predicted molar refractivity (Wildman–Crippen MR) is 141 cm³/mol. The van der Waals surface area contributed by atoms with Gasteiger partial charge in [0.2, 0.25) is 0 Å². The number of carboxylic acid groups (broad SMARTS) is 1. The molecule has 10 heteroatoms. The summed E-state index contributed by atoms with van der Waals surface area (Å²) in [5.74, 6) is -1.67. The van der Waals surface area contributed by atoms with Crippen LogP contribution in [0.2, 0.25) is 0 Å². The van der Waals surface area contributed by atoms with Crippen LogP contribution in [-0.2, 0) is 21.4 Å². The quantitative estimate of drug-likeness (QED) is 0.198. The summed E-state index contributed by atoms with van der Waals surface area (Å²) < 4.78 is 27.3. The second-order valence-corrected chi connectivity index (χ2v) is 10.1. The van der Waals surface area contributed by atoms with Gasteiger partial charge in [0.05, 0.1) is 10.6 Å². The number of rotatable bonds is 9. The van der Waals surface area contributed by atoms with Crippen molar-refractivity contribution in [1.29, 1.82) is 5.41 Å². The van der Waals surface area contributed by atoms with Crippen LogP contribution in [0, 0.1) is 5.41 Å². The van der Waals surface area contributed by atoms with Crippen molar-refractivity contribution in [2.24, 2.45) is 5.73 Å². The monoisotopic (exact) mass is 516 g/mol. The Morgan fingerprint density at radius 1 is 0.919 bits per heavy atom. The molecule has 1 amide bonds. The summed E-state index contributed by atoms with van der Waals surface area (Å²) >= 11 is 0. The molecule has 37 heavy (non-hydrogen) atoms. The number of carbonyl (C=O) groups excluding carboxylic acids is 1. The molecule has 0 aliphatic rings. The first-order chi connectivity index (χ1) is 17.7. The molecule has 0 aliphatic carbocycles. The Hall–Kier alpha value is -4.70. The first-order valence-electron chi connectivity index (χ1n) is 11.2. The van der Waals surface area contributed by atoms with Crippen molar-refractivity contribution in [2.75, 3.05) is 10.8 Å². The highest BCUT2D eigenvalue weighted by molar-refractivity contribution is 7.92. The number of nitrogens with zero attached hydrogens (tertiary/aromatic N) is 1. The molecular formula is C27H24N4O5S. The average molecular weight is 517 g/mol. The van der Waals surface area contributed by atoms with Crippen LogP contribution in [-0.4, -0.2) is 37.8 Å². The molecular weight excluding hydrogens is 492 g/mol. The van der Waals surface area contributed by atoms with Gasteiger partial charge >= 0.3 is 5.97 Å². The van der Waals surface area contributed by atoms with Gasteiger partial charge in [0, 0.05) is 17.7 Å². The molecule has 4 aromatic carbocycles. The van der Waals surface area contributed by atoms with Crippen LogP contribution in [0.1, 0.15) is 21.5 Å². The van der Waals surface area contributed by atoms with Crippen LogP contribution in [0.4, 0.5) is 5.69 Å². The molecule has 0 bridgehead atoms. The van der Waals surface area contributed by atoms with Gasteiger partial charge < -0.3 is 16.2 Å². The van der Waals surface area contributed by atoms with Gasteiger partial charge in [0.15, 0.2) is 0 Å². The molecule has 0 spiro atoms. The number of aliphatic carboxylic acids is 1. The number of benzene rings is 4. The van der Waals surface area contributed by atoms with Crippen LogP contribution < -0.4 is 15.4 Å². The summed E-state index contributed by atoms with van der Waals surface area (Å²) in [5, 5.41) is 20.9. The molecule has 0 unspecified atom stereocenters. The van der Waals surface area contributed by atoms with Crippen molar-refractivity contribution in [3.63, 3.8) is 0 Å². The number of sulfonamides is 1. The van der Waals surface area contributed by atoms with Gasteiger partial charge in [-0.05, 0) is 46.7 Å². The van der Waals surface area contributed by atoms with E-state index in [-0.39, 0.29) is 28.9 Å². The molecule has 0 saturated heterocycles. The summed E-state index contributed by atoms with van der Waals surface area (Å²) in [6, 6.07) is 24.3. The third-order valence-electron chi connectivity index (χ3n) is 5.72. The Morgan fingerprint density at radius 2 is 1.62 bits per heavy atom. The maximum atomic E-state index is 13.2. The lowest BCUT2D eigenvalue weighted by molar-refractivity contribution is -0.135. The van der Waals surface area contributed by atoms with Crippen molar-refractivity contribution < 1.29 is 23.1 Å². The van der Waals surface area contributed by atoms with Crippen LogP contribution in [0.25, 0.3) is 10.8 Å². The molecule has 188 valence electrons. The van der Waals surface area contributed by atoms with Crippen LogP contribution >= 0.6 is 0 Å². The van der Waals surface area contributed by atoms with Crippen molar-refractivity contribution in [2.45, 2.75) is 11.4 Å². The largest absolute Gasteiger partial charge is 0.480 e. The highest BCUT2D eigenvalue weighted by atomic mass is 32.2.